The van der Waals surface area contributed by atoms with Crippen LogP contribution in [0.2, 0.25) is 5.02 Å². The zero-order valence-electron chi connectivity index (χ0n) is 15.4. The first-order valence-electron chi connectivity index (χ1n) is 8.71. The van der Waals surface area contributed by atoms with E-state index in [4.69, 9.17) is 25.6 Å². The van der Waals surface area contributed by atoms with E-state index in [1.165, 1.54) is 0 Å². The molecule has 0 radical (unpaired) electrons. The van der Waals surface area contributed by atoms with Crippen LogP contribution in [-0.2, 0) is 4.79 Å². The van der Waals surface area contributed by atoms with Crippen molar-refractivity contribution in [3.8, 4) is 22.9 Å². The molecule has 1 aliphatic heterocycles. The van der Waals surface area contributed by atoms with Crippen LogP contribution in [0.15, 0.2) is 47.0 Å². The largest absolute Gasteiger partial charge is 0.497 e. The standard InChI is InChI=1S/C20H18ClN3O4/c1-26-13-7-8-17(27-2)16(10-13)24-11-12(9-18(24)25)20-22-19(23-28-20)14-5-3-4-6-15(14)21/h3-8,10,12H,9,11H2,1-2H3. The number of aromatic nitrogens is 2. The molecule has 3 aromatic rings. The van der Waals surface area contributed by atoms with Gasteiger partial charge in [0.25, 0.3) is 0 Å². The molecule has 8 heteroatoms. The summed E-state index contributed by atoms with van der Waals surface area (Å²) in [4.78, 5) is 18.8. The van der Waals surface area contributed by atoms with Crippen molar-refractivity contribution >= 4 is 23.2 Å². The summed E-state index contributed by atoms with van der Waals surface area (Å²) in [7, 11) is 3.14. The van der Waals surface area contributed by atoms with Crippen molar-refractivity contribution in [2.45, 2.75) is 12.3 Å². The molecule has 1 saturated heterocycles. The summed E-state index contributed by atoms with van der Waals surface area (Å²) in [5.41, 5.74) is 1.34. The van der Waals surface area contributed by atoms with Gasteiger partial charge in [0, 0.05) is 24.6 Å². The van der Waals surface area contributed by atoms with Gasteiger partial charge in [-0.2, -0.15) is 4.98 Å². The summed E-state index contributed by atoms with van der Waals surface area (Å²) < 4.78 is 16.1. The fourth-order valence-corrected chi connectivity index (χ4v) is 3.49. The molecule has 0 saturated carbocycles. The molecule has 7 nitrogen and oxygen atoms in total. The van der Waals surface area contributed by atoms with Crippen molar-refractivity contribution < 1.29 is 18.8 Å². The minimum absolute atomic E-state index is 0.0472. The van der Waals surface area contributed by atoms with Gasteiger partial charge in [-0.15, -0.1) is 0 Å². The molecule has 1 amide bonds. The number of nitrogens with zero attached hydrogens (tertiary/aromatic N) is 3. The smallest absolute Gasteiger partial charge is 0.232 e. The van der Waals surface area contributed by atoms with E-state index in [0.29, 0.717) is 46.0 Å². The number of methoxy groups -OCH3 is 2. The minimum Gasteiger partial charge on any atom is -0.497 e. The highest BCUT2D eigenvalue weighted by atomic mass is 35.5. The van der Waals surface area contributed by atoms with Gasteiger partial charge in [-0.1, -0.05) is 28.9 Å². The summed E-state index contributed by atoms with van der Waals surface area (Å²) in [5.74, 6) is 1.79. The Kier molecular flexibility index (Phi) is 4.92. The van der Waals surface area contributed by atoms with Crippen LogP contribution < -0.4 is 14.4 Å². The van der Waals surface area contributed by atoms with Gasteiger partial charge in [-0.3, -0.25) is 4.79 Å². The van der Waals surface area contributed by atoms with E-state index in [0.717, 1.165) is 0 Å². The second-order valence-corrected chi connectivity index (χ2v) is 6.79. The summed E-state index contributed by atoms with van der Waals surface area (Å²) >= 11 is 6.21. The Bertz CT molecular complexity index is 1020. The lowest BCUT2D eigenvalue weighted by Gasteiger charge is -2.20. The van der Waals surface area contributed by atoms with E-state index < -0.39 is 0 Å². The monoisotopic (exact) mass is 399 g/mol. The van der Waals surface area contributed by atoms with Crippen molar-refractivity contribution in [1.82, 2.24) is 10.1 Å². The first-order valence-corrected chi connectivity index (χ1v) is 9.09. The molecule has 144 valence electrons. The lowest BCUT2D eigenvalue weighted by atomic mass is 10.1. The molecule has 1 aliphatic rings. The number of benzene rings is 2. The molecule has 2 aromatic carbocycles. The summed E-state index contributed by atoms with van der Waals surface area (Å²) in [6, 6.07) is 12.6. The number of anilines is 1. The lowest BCUT2D eigenvalue weighted by molar-refractivity contribution is -0.117. The molecular weight excluding hydrogens is 382 g/mol. The fourth-order valence-electron chi connectivity index (χ4n) is 3.27. The first-order chi connectivity index (χ1) is 13.6. The van der Waals surface area contributed by atoms with E-state index in [1.807, 2.05) is 18.2 Å². The third-order valence-corrected chi connectivity index (χ3v) is 5.04. The molecule has 0 N–H and O–H groups in total. The average molecular weight is 400 g/mol. The van der Waals surface area contributed by atoms with Crippen molar-refractivity contribution in [3.05, 3.63) is 53.4 Å². The summed E-state index contributed by atoms with van der Waals surface area (Å²) in [6.07, 6.45) is 0.268. The van der Waals surface area contributed by atoms with Crippen LogP contribution >= 0.6 is 11.6 Å². The Morgan fingerprint density at radius 2 is 2.00 bits per heavy atom. The Labute approximate surface area is 166 Å². The predicted molar refractivity (Wildman–Crippen MR) is 104 cm³/mol. The van der Waals surface area contributed by atoms with Gasteiger partial charge in [-0.05, 0) is 24.3 Å². The van der Waals surface area contributed by atoms with E-state index in [-0.39, 0.29) is 18.2 Å². The van der Waals surface area contributed by atoms with Crippen LogP contribution in [0.3, 0.4) is 0 Å². The zero-order valence-corrected chi connectivity index (χ0v) is 16.1. The van der Waals surface area contributed by atoms with Gasteiger partial charge in [0.15, 0.2) is 0 Å². The molecule has 0 spiro atoms. The molecule has 1 atom stereocenters. The number of ether oxygens (including phenoxy) is 2. The molecule has 2 heterocycles. The van der Waals surface area contributed by atoms with Crippen LogP contribution in [0, 0.1) is 0 Å². The highest BCUT2D eigenvalue weighted by Gasteiger charge is 2.36. The van der Waals surface area contributed by atoms with Crippen LogP contribution in [0.4, 0.5) is 5.69 Å². The highest BCUT2D eigenvalue weighted by Crippen LogP contribution is 2.38. The number of carbonyl (C=O) groups excluding carboxylic acids is 1. The number of halogens is 1. The van der Waals surface area contributed by atoms with Crippen molar-refractivity contribution in [2.75, 3.05) is 25.7 Å². The Hall–Kier alpha value is -3.06. The quantitative estimate of drug-likeness (QED) is 0.647. The molecule has 0 bridgehead atoms. The number of amides is 1. The van der Waals surface area contributed by atoms with Crippen molar-refractivity contribution in [1.29, 1.82) is 0 Å². The van der Waals surface area contributed by atoms with Crippen molar-refractivity contribution in [2.24, 2.45) is 0 Å². The summed E-state index contributed by atoms with van der Waals surface area (Å²) in [5, 5.41) is 4.57. The number of hydrogen-bond donors (Lipinski definition) is 0. The van der Waals surface area contributed by atoms with Gasteiger partial charge >= 0.3 is 0 Å². The van der Waals surface area contributed by atoms with Gasteiger partial charge in [0.05, 0.1) is 30.8 Å². The molecule has 1 aromatic heterocycles. The van der Waals surface area contributed by atoms with Crippen LogP contribution in [-0.4, -0.2) is 36.8 Å². The maximum atomic E-state index is 12.7. The third kappa shape index (κ3) is 3.29. The van der Waals surface area contributed by atoms with E-state index >= 15 is 0 Å². The number of carbonyl (C=O) groups is 1. The minimum atomic E-state index is -0.216. The lowest BCUT2D eigenvalue weighted by Crippen LogP contribution is -2.24. The average Bonchev–Trinajstić information content (AvgIpc) is 3.34. The molecule has 4 rings (SSSR count). The third-order valence-electron chi connectivity index (χ3n) is 4.71. The highest BCUT2D eigenvalue weighted by molar-refractivity contribution is 6.33. The molecular formula is C20H18ClN3O4. The normalized spacial score (nSPS) is 16.5. The Morgan fingerprint density at radius 1 is 1.18 bits per heavy atom. The van der Waals surface area contributed by atoms with E-state index in [1.54, 1.807) is 43.4 Å². The fraction of sp³-hybridized carbons (Fsp3) is 0.250. The Morgan fingerprint density at radius 3 is 2.75 bits per heavy atom. The van der Waals surface area contributed by atoms with Gasteiger partial charge in [0.2, 0.25) is 17.6 Å². The van der Waals surface area contributed by atoms with E-state index in [9.17, 15) is 4.79 Å². The maximum absolute atomic E-state index is 12.7. The second kappa shape index (κ2) is 7.52. The van der Waals surface area contributed by atoms with E-state index in [2.05, 4.69) is 10.1 Å². The Balaban J connectivity index is 1.60. The second-order valence-electron chi connectivity index (χ2n) is 6.38. The van der Waals surface area contributed by atoms with Gasteiger partial charge < -0.3 is 18.9 Å². The van der Waals surface area contributed by atoms with Crippen LogP contribution in [0.25, 0.3) is 11.4 Å². The maximum Gasteiger partial charge on any atom is 0.232 e. The first kappa shape index (κ1) is 18.3. The van der Waals surface area contributed by atoms with Crippen LogP contribution in [0.5, 0.6) is 11.5 Å². The van der Waals surface area contributed by atoms with Crippen LogP contribution in [0.1, 0.15) is 18.2 Å². The van der Waals surface area contributed by atoms with Gasteiger partial charge in [-0.25, -0.2) is 0 Å². The zero-order chi connectivity index (χ0) is 19.7. The molecule has 1 fully saturated rings. The molecule has 1 unspecified atom stereocenters. The van der Waals surface area contributed by atoms with Gasteiger partial charge in [0.1, 0.15) is 11.5 Å². The molecule has 28 heavy (non-hydrogen) atoms. The summed E-state index contributed by atoms with van der Waals surface area (Å²) in [6.45, 7) is 0.409. The number of rotatable bonds is 5. The SMILES string of the molecule is COc1ccc(OC)c(N2CC(c3nc(-c4ccccc4Cl)no3)CC2=O)c1. The topological polar surface area (TPSA) is 77.7 Å². The van der Waals surface area contributed by atoms with Crippen molar-refractivity contribution in [3.63, 3.8) is 0 Å². The number of hydrogen-bond acceptors (Lipinski definition) is 6. The predicted octanol–water partition coefficient (Wildman–Crippen LogP) is 3.93. The molecule has 0 aliphatic carbocycles.